The van der Waals surface area contributed by atoms with Gasteiger partial charge in [0.15, 0.2) is 0 Å². The summed E-state index contributed by atoms with van der Waals surface area (Å²) in [7, 11) is -0.0557. The second kappa shape index (κ2) is 11.5. The molecule has 0 bridgehead atoms. The smallest absolute Gasteiger partial charge is 0.273 e. The van der Waals surface area contributed by atoms with Gasteiger partial charge in [-0.1, -0.05) is 72.8 Å². The van der Waals surface area contributed by atoms with E-state index < -0.39 is 15.9 Å². The Kier molecular flexibility index (Phi) is 8.00. The van der Waals surface area contributed by atoms with E-state index in [2.05, 4.69) is 10.5 Å². The first-order valence-electron chi connectivity index (χ1n) is 11.7. The molecule has 0 saturated carbocycles. The summed E-state index contributed by atoms with van der Waals surface area (Å²) in [6.45, 7) is 0.0594. The molecule has 0 heterocycles. The van der Waals surface area contributed by atoms with Gasteiger partial charge in [0.05, 0.1) is 28.9 Å². The van der Waals surface area contributed by atoms with Crippen LogP contribution in [0, 0.1) is 0 Å². The lowest BCUT2D eigenvalue weighted by Gasteiger charge is -2.26. The fourth-order valence-corrected chi connectivity index (χ4v) is 5.23. The highest BCUT2D eigenvalue weighted by atomic mass is 32.2. The molecular weight excluding hydrogens is 484 g/mol. The van der Waals surface area contributed by atoms with Gasteiger partial charge >= 0.3 is 0 Å². The van der Waals surface area contributed by atoms with Gasteiger partial charge in [-0.05, 0) is 47.5 Å². The van der Waals surface area contributed by atoms with Gasteiger partial charge in [-0.15, -0.1) is 0 Å². The zero-order valence-corrected chi connectivity index (χ0v) is 21.5. The van der Waals surface area contributed by atoms with Crippen molar-refractivity contribution >= 4 is 33.5 Å². The van der Waals surface area contributed by atoms with Crippen molar-refractivity contribution in [3.05, 3.63) is 126 Å². The number of para-hydroxylation sites is 1. The van der Waals surface area contributed by atoms with E-state index in [1.165, 1.54) is 4.31 Å². The molecule has 0 aliphatic carbocycles. The topological polar surface area (TPSA) is 82.1 Å². The van der Waals surface area contributed by atoms with Crippen LogP contribution in [0.25, 0.3) is 0 Å². The molecule has 0 aliphatic rings. The number of sulfonamides is 1. The Morgan fingerprint density at radius 1 is 0.811 bits per heavy atom. The minimum absolute atomic E-state index is 0.0594. The van der Waals surface area contributed by atoms with Crippen molar-refractivity contribution in [1.82, 2.24) is 5.43 Å². The molecule has 0 saturated heterocycles. The van der Waals surface area contributed by atoms with Crippen molar-refractivity contribution in [3.8, 4) is 0 Å². The van der Waals surface area contributed by atoms with Gasteiger partial charge in [0.25, 0.3) is 15.9 Å². The fourth-order valence-electron chi connectivity index (χ4n) is 3.74. The van der Waals surface area contributed by atoms with Crippen LogP contribution in [-0.4, -0.2) is 34.6 Å². The van der Waals surface area contributed by atoms with Gasteiger partial charge in [-0.25, -0.2) is 13.8 Å². The van der Waals surface area contributed by atoms with Crippen molar-refractivity contribution in [2.45, 2.75) is 11.4 Å². The predicted octanol–water partition coefficient (Wildman–Crippen LogP) is 4.91. The Balaban J connectivity index is 1.65. The van der Waals surface area contributed by atoms with Crippen LogP contribution in [0.2, 0.25) is 0 Å². The van der Waals surface area contributed by atoms with Gasteiger partial charge in [0, 0.05) is 19.8 Å². The number of nitrogens with zero attached hydrogens (tertiary/aromatic N) is 3. The van der Waals surface area contributed by atoms with E-state index in [4.69, 9.17) is 0 Å². The van der Waals surface area contributed by atoms with Crippen LogP contribution in [0.4, 0.5) is 11.4 Å². The van der Waals surface area contributed by atoms with E-state index >= 15 is 0 Å². The van der Waals surface area contributed by atoms with Gasteiger partial charge in [-0.2, -0.15) is 5.10 Å². The zero-order valence-electron chi connectivity index (χ0n) is 20.7. The Hall–Kier alpha value is -4.43. The van der Waals surface area contributed by atoms with E-state index in [0.717, 1.165) is 16.8 Å². The normalized spacial score (nSPS) is 11.3. The molecule has 0 radical (unpaired) electrons. The number of carbonyl (C=O) groups excluding carboxylic acids is 1. The molecular formula is C29H28N4O3S. The minimum atomic E-state index is -3.97. The number of benzene rings is 4. The van der Waals surface area contributed by atoms with Crippen LogP contribution in [-0.2, 0) is 16.6 Å². The van der Waals surface area contributed by atoms with Gasteiger partial charge in [0.2, 0.25) is 0 Å². The molecule has 7 nitrogen and oxygen atoms in total. The number of anilines is 2. The Labute approximate surface area is 217 Å². The summed E-state index contributed by atoms with van der Waals surface area (Å²) >= 11 is 0. The maximum atomic E-state index is 13.7. The van der Waals surface area contributed by atoms with Crippen LogP contribution in [0.5, 0.6) is 0 Å². The summed E-state index contributed by atoms with van der Waals surface area (Å²) in [5.41, 5.74) is 5.64. The number of nitrogens with one attached hydrogen (secondary N) is 1. The maximum Gasteiger partial charge on any atom is 0.273 e. The lowest BCUT2D eigenvalue weighted by atomic mass is 10.1. The lowest BCUT2D eigenvalue weighted by molar-refractivity contribution is 0.0955. The molecule has 0 aliphatic heterocycles. The Bertz CT molecular complexity index is 1470. The monoisotopic (exact) mass is 512 g/mol. The third-order valence-corrected chi connectivity index (χ3v) is 7.48. The van der Waals surface area contributed by atoms with Gasteiger partial charge < -0.3 is 4.90 Å². The molecule has 1 amide bonds. The average Bonchev–Trinajstić information content (AvgIpc) is 2.93. The summed E-state index contributed by atoms with van der Waals surface area (Å²) in [5.74, 6) is -0.516. The number of rotatable bonds is 9. The molecule has 4 aromatic carbocycles. The van der Waals surface area contributed by atoms with Crippen LogP contribution in [0.3, 0.4) is 0 Å². The SMILES string of the molecule is CN(C)c1ccc(/C=N/NC(=O)c2ccccc2N(Cc2ccccc2)S(=O)(=O)c2ccccc2)cc1. The molecule has 0 aromatic heterocycles. The minimum Gasteiger partial charge on any atom is -0.378 e. The Morgan fingerprint density at radius 2 is 1.41 bits per heavy atom. The fraction of sp³-hybridized carbons (Fsp3) is 0.103. The summed E-state index contributed by atoms with van der Waals surface area (Å²) in [4.78, 5) is 15.3. The Morgan fingerprint density at radius 3 is 2.05 bits per heavy atom. The largest absolute Gasteiger partial charge is 0.378 e. The standard InChI is InChI=1S/C29H28N4O3S/c1-32(2)25-19-17-23(18-20-25)21-30-31-29(34)27-15-9-10-16-28(27)33(22-24-11-5-3-6-12-24)37(35,36)26-13-7-4-8-14-26/h3-21H,22H2,1-2H3,(H,31,34)/b30-21+. The van der Waals surface area contributed by atoms with E-state index in [1.807, 2.05) is 73.6 Å². The predicted molar refractivity (Wildman–Crippen MR) is 149 cm³/mol. The van der Waals surface area contributed by atoms with Crippen molar-refractivity contribution in [2.75, 3.05) is 23.3 Å². The van der Waals surface area contributed by atoms with Crippen molar-refractivity contribution in [2.24, 2.45) is 5.10 Å². The molecule has 4 aromatic rings. The number of hydrogen-bond acceptors (Lipinski definition) is 5. The van der Waals surface area contributed by atoms with Crippen LogP contribution < -0.4 is 14.6 Å². The summed E-state index contributed by atoms with van der Waals surface area (Å²) < 4.78 is 28.8. The van der Waals surface area contributed by atoms with E-state index in [1.54, 1.807) is 60.8 Å². The maximum absolute atomic E-state index is 13.7. The number of hydrogen-bond donors (Lipinski definition) is 1. The molecule has 188 valence electrons. The highest BCUT2D eigenvalue weighted by Crippen LogP contribution is 2.29. The molecule has 0 unspecified atom stereocenters. The molecule has 4 rings (SSSR count). The molecule has 37 heavy (non-hydrogen) atoms. The second-order valence-corrected chi connectivity index (χ2v) is 10.4. The van der Waals surface area contributed by atoms with Crippen LogP contribution >= 0.6 is 0 Å². The molecule has 1 N–H and O–H groups in total. The molecule has 0 spiro atoms. The number of hydrazone groups is 1. The van der Waals surface area contributed by atoms with Crippen molar-refractivity contribution in [1.29, 1.82) is 0 Å². The van der Waals surface area contributed by atoms with Gasteiger partial charge in [-0.3, -0.25) is 9.10 Å². The van der Waals surface area contributed by atoms with Crippen molar-refractivity contribution in [3.63, 3.8) is 0 Å². The molecule has 0 fully saturated rings. The summed E-state index contributed by atoms with van der Waals surface area (Å²) in [5, 5.41) is 4.09. The van der Waals surface area contributed by atoms with Crippen LogP contribution in [0.15, 0.2) is 119 Å². The molecule has 8 heteroatoms. The highest BCUT2D eigenvalue weighted by Gasteiger charge is 2.28. The van der Waals surface area contributed by atoms with Crippen molar-refractivity contribution < 1.29 is 13.2 Å². The number of amides is 1. The highest BCUT2D eigenvalue weighted by molar-refractivity contribution is 7.92. The molecule has 0 atom stereocenters. The quantitative estimate of drug-likeness (QED) is 0.255. The third-order valence-electron chi connectivity index (χ3n) is 5.71. The third kappa shape index (κ3) is 6.23. The van der Waals surface area contributed by atoms with E-state index in [9.17, 15) is 13.2 Å². The first-order chi connectivity index (χ1) is 17.9. The first kappa shape index (κ1) is 25.7. The lowest BCUT2D eigenvalue weighted by Crippen LogP contribution is -2.33. The average molecular weight is 513 g/mol. The van der Waals surface area contributed by atoms with E-state index in [0.29, 0.717) is 0 Å². The van der Waals surface area contributed by atoms with Crippen LogP contribution in [0.1, 0.15) is 21.5 Å². The number of carbonyl (C=O) groups is 1. The summed E-state index contributed by atoms with van der Waals surface area (Å²) in [6, 6.07) is 31.8. The zero-order chi connectivity index (χ0) is 26.3. The first-order valence-corrected chi connectivity index (χ1v) is 13.1. The van der Waals surface area contributed by atoms with E-state index in [-0.39, 0.29) is 22.7 Å². The second-order valence-electron chi connectivity index (χ2n) is 8.51. The summed E-state index contributed by atoms with van der Waals surface area (Å²) in [6.07, 6.45) is 1.54. The van der Waals surface area contributed by atoms with Gasteiger partial charge in [0.1, 0.15) is 0 Å².